The summed E-state index contributed by atoms with van der Waals surface area (Å²) >= 11 is 0. The molecule has 0 aliphatic heterocycles. The van der Waals surface area contributed by atoms with Gasteiger partial charge in [0.05, 0.1) is 0 Å². The van der Waals surface area contributed by atoms with Gasteiger partial charge in [0.25, 0.3) is 0 Å². The van der Waals surface area contributed by atoms with E-state index in [1.807, 2.05) is 0 Å². The Balaban J connectivity index is 2.06. The molecule has 2 rings (SSSR count). The summed E-state index contributed by atoms with van der Waals surface area (Å²) in [4.78, 5) is 0. The molecule has 100 valence electrons. The summed E-state index contributed by atoms with van der Waals surface area (Å²) in [5, 5.41) is 3.68. The van der Waals surface area contributed by atoms with Crippen LogP contribution in [0.1, 0.15) is 49.3 Å². The largest absolute Gasteiger partial charge is 0.382 e. The molecule has 2 heteroatoms. The third-order valence-electron chi connectivity index (χ3n) is 4.19. The number of hydrogen-bond acceptors (Lipinski definition) is 2. The molecular weight excluding hydrogens is 220 g/mol. The summed E-state index contributed by atoms with van der Waals surface area (Å²) in [5.74, 6) is 0. The zero-order chi connectivity index (χ0) is 13.1. The van der Waals surface area contributed by atoms with E-state index >= 15 is 0 Å². The highest BCUT2D eigenvalue weighted by Gasteiger charge is 2.18. The van der Waals surface area contributed by atoms with Gasteiger partial charge in [0.2, 0.25) is 0 Å². The van der Waals surface area contributed by atoms with Crippen LogP contribution in [0.3, 0.4) is 0 Å². The van der Waals surface area contributed by atoms with Gasteiger partial charge >= 0.3 is 0 Å². The molecule has 0 unspecified atom stereocenters. The van der Waals surface area contributed by atoms with Crippen molar-refractivity contribution < 1.29 is 0 Å². The zero-order valence-corrected chi connectivity index (χ0v) is 11.9. The van der Waals surface area contributed by atoms with Crippen LogP contribution in [-0.2, 0) is 6.42 Å². The molecule has 1 aromatic carbocycles. The van der Waals surface area contributed by atoms with Gasteiger partial charge in [0.15, 0.2) is 0 Å². The predicted molar refractivity (Wildman–Crippen MR) is 79.1 cm³/mol. The molecule has 1 fully saturated rings. The van der Waals surface area contributed by atoms with Gasteiger partial charge < -0.3 is 11.1 Å². The molecule has 0 spiro atoms. The fourth-order valence-corrected chi connectivity index (χ4v) is 3.13. The second-order valence-electron chi connectivity index (χ2n) is 5.70. The minimum absolute atomic E-state index is 0.425. The minimum Gasteiger partial charge on any atom is -0.382 e. The first-order valence-electron chi connectivity index (χ1n) is 7.22. The first-order chi connectivity index (χ1) is 8.60. The van der Waals surface area contributed by atoms with Crippen molar-refractivity contribution in [3.05, 3.63) is 28.8 Å². The summed E-state index contributed by atoms with van der Waals surface area (Å²) < 4.78 is 0. The molecule has 1 saturated carbocycles. The maximum absolute atomic E-state index is 5.95. The average molecular weight is 246 g/mol. The fraction of sp³-hybridized carbons (Fsp3) is 0.625. The Kier molecular flexibility index (Phi) is 4.28. The van der Waals surface area contributed by atoms with Crippen LogP contribution in [0.4, 0.5) is 5.69 Å². The van der Waals surface area contributed by atoms with E-state index in [-0.39, 0.29) is 0 Å². The molecule has 1 aliphatic carbocycles. The van der Waals surface area contributed by atoms with Crippen LogP contribution >= 0.6 is 0 Å². The molecule has 2 nitrogen and oxygen atoms in total. The molecular formula is C16H26N2. The lowest BCUT2D eigenvalue weighted by atomic mass is 9.91. The second kappa shape index (κ2) is 5.75. The summed E-state index contributed by atoms with van der Waals surface area (Å²) in [6.07, 6.45) is 5.84. The molecule has 1 aromatic rings. The molecule has 0 heterocycles. The number of aryl methyl sites for hydroxylation is 2. The van der Waals surface area contributed by atoms with E-state index in [1.54, 1.807) is 0 Å². The van der Waals surface area contributed by atoms with E-state index in [0.29, 0.717) is 12.1 Å². The monoisotopic (exact) mass is 246 g/mol. The summed E-state index contributed by atoms with van der Waals surface area (Å²) in [7, 11) is 0. The Labute approximate surface area is 111 Å². The lowest BCUT2D eigenvalue weighted by Crippen LogP contribution is -2.32. The highest BCUT2D eigenvalue weighted by atomic mass is 14.9. The normalized spacial score (nSPS) is 24.0. The first kappa shape index (κ1) is 13.4. The van der Waals surface area contributed by atoms with Crippen LogP contribution in [0.5, 0.6) is 0 Å². The molecule has 0 saturated heterocycles. The van der Waals surface area contributed by atoms with E-state index in [0.717, 1.165) is 19.3 Å². The Morgan fingerprint density at radius 2 is 1.67 bits per heavy atom. The van der Waals surface area contributed by atoms with Crippen molar-refractivity contribution in [3.8, 4) is 0 Å². The van der Waals surface area contributed by atoms with E-state index < -0.39 is 0 Å². The number of benzene rings is 1. The zero-order valence-electron chi connectivity index (χ0n) is 11.9. The van der Waals surface area contributed by atoms with Crippen molar-refractivity contribution in [2.24, 2.45) is 5.73 Å². The van der Waals surface area contributed by atoms with E-state index in [2.05, 4.69) is 38.2 Å². The Hall–Kier alpha value is -1.02. The molecule has 3 N–H and O–H groups in total. The van der Waals surface area contributed by atoms with E-state index in [9.17, 15) is 0 Å². The highest BCUT2D eigenvalue weighted by Crippen LogP contribution is 2.25. The molecule has 1 aliphatic rings. The highest BCUT2D eigenvalue weighted by molar-refractivity contribution is 5.52. The first-order valence-corrected chi connectivity index (χ1v) is 7.22. The van der Waals surface area contributed by atoms with Gasteiger partial charge in [-0.05, 0) is 74.8 Å². The van der Waals surface area contributed by atoms with Crippen molar-refractivity contribution in [3.63, 3.8) is 0 Å². The van der Waals surface area contributed by atoms with Gasteiger partial charge in [-0.25, -0.2) is 0 Å². The topological polar surface area (TPSA) is 38.0 Å². The minimum atomic E-state index is 0.425. The predicted octanol–water partition coefficient (Wildman–Crippen LogP) is 3.55. The van der Waals surface area contributed by atoms with Crippen LogP contribution in [-0.4, -0.2) is 12.1 Å². The van der Waals surface area contributed by atoms with Crippen LogP contribution < -0.4 is 11.1 Å². The van der Waals surface area contributed by atoms with Gasteiger partial charge in [-0.3, -0.25) is 0 Å². The molecule has 0 atom stereocenters. The van der Waals surface area contributed by atoms with Crippen molar-refractivity contribution in [1.29, 1.82) is 0 Å². The van der Waals surface area contributed by atoms with Gasteiger partial charge in [-0.2, -0.15) is 0 Å². The average Bonchev–Trinajstić information content (AvgIpc) is 2.32. The lowest BCUT2D eigenvalue weighted by Gasteiger charge is -2.28. The second-order valence-corrected chi connectivity index (χ2v) is 5.70. The van der Waals surface area contributed by atoms with E-state index in [4.69, 9.17) is 5.73 Å². The number of nitrogens with one attached hydrogen (secondary N) is 1. The van der Waals surface area contributed by atoms with Crippen LogP contribution in [0, 0.1) is 13.8 Å². The quantitative estimate of drug-likeness (QED) is 0.856. The van der Waals surface area contributed by atoms with Crippen molar-refractivity contribution in [2.75, 3.05) is 5.32 Å². The summed E-state index contributed by atoms with van der Waals surface area (Å²) in [5.41, 5.74) is 11.5. The van der Waals surface area contributed by atoms with Gasteiger partial charge in [-0.1, -0.05) is 6.92 Å². The molecule has 0 bridgehead atoms. The fourth-order valence-electron chi connectivity index (χ4n) is 3.13. The SMILES string of the molecule is CCc1c(C)cc(NC2CCC(N)CC2)cc1C. The summed E-state index contributed by atoms with van der Waals surface area (Å²) in [6, 6.07) is 5.62. The third-order valence-corrected chi connectivity index (χ3v) is 4.19. The Morgan fingerprint density at radius 3 is 2.17 bits per heavy atom. The van der Waals surface area contributed by atoms with Gasteiger partial charge in [-0.15, -0.1) is 0 Å². The molecule has 0 amide bonds. The maximum Gasteiger partial charge on any atom is 0.0347 e. The summed E-state index contributed by atoms with van der Waals surface area (Å²) in [6.45, 7) is 6.66. The maximum atomic E-state index is 5.95. The van der Waals surface area contributed by atoms with Crippen LogP contribution in [0.2, 0.25) is 0 Å². The molecule has 0 radical (unpaired) electrons. The Morgan fingerprint density at radius 1 is 1.11 bits per heavy atom. The standard InChI is InChI=1S/C16H26N2/c1-4-16-11(2)9-15(10-12(16)3)18-14-7-5-13(17)6-8-14/h9-10,13-14,18H,4-8,17H2,1-3H3. The van der Waals surface area contributed by atoms with Crippen LogP contribution in [0.25, 0.3) is 0 Å². The number of hydrogen-bond donors (Lipinski definition) is 2. The smallest absolute Gasteiger partial charge is 0.0347 e. The molecule has 0 aromatic heterocycles. The number of nitrogens with two attached hydrogens (primary N) is 1. The lowest BCUT2D eigenvalue weighted by molar-refractivity contribution is 0.411. The van der Waals surface area contributed by atoms with E-state index in [1.165, 1.54) is 35.2 Å². The Bertz CT molecular complexity index is 381. The van der Waals surface area contributed by atoms with Crippen LogP contribution in [0.15, 0.2) is 12.1 Å². The van der Waals surface area contributed by atoms with Gasteiger partial charge in [0, 0.05) is 17.8 Å². The number of anilines is 1. The molecule has 18 heavy (non-hydrogen) atoms. The van der Waals surface area contributed by atoms with Crippen molar-refractivity contribution in [1.82, 2.24) is 0 Å². The van der Waals surface area contributed by atoms with Gasteiger partial charge in [0.1, 0.15) is 0 Å². The van der Waals surface area contributed by atoms with Crippen molar-refractivity contribution >= 4 is 5.69 Å². The van der Waals surface area contributed by atoms with Crippen molar-refractivity contribution in [2.45, 2.75) is 65.0 Å². The third kappa shape index (κ3) is 3.05. The number of rotatable bonds is 3.